The summed E-state index contributed by atoms with van der Waals surface area (Å²) in [5.41, 5.74) is 2.00. The van der Waals surface area contributed by atoms with Crippen LogP contribution in [0.25, 0.3) is 0 Å². The highest BCUT2D eigenvalue weighted by Gasteiger charge is 2.20. The largest absolute Gasteiger partial charge is 0.383 e. The molecule has 1 saturated heterocycles. The molecular formula is C17H24ClN3O3. The van der Waals surface area contributed by atoms with Crippen LogP contribution in [-0.4, -0.2) is 50.5 Å². The van der Waals surface area contributed by atoms with Crippen LogP contribution in [0.1, 0.15) is 30.1 Å². The molecule has 2 N–H and O–H groups in total. The Bertz CT molecular complexity index is 586. The Labute approximate surface area is 147 Å². The zero-order chi connectivity index (χ0) is 17.5. The van der Waals surface area contributed by atoms with Gasteiger partial charge in [-0.2, -0.15) is 0 Å². The number of nitrogens with zero attached hydrogens (tertiary/aromatic N) is 1. The first-order chi connectivity index (χ1) is 11.5. The topological polar surface area (TPSA) is 70.7 Å². The van der Waals surface area contributed by atoms with E-state index in [4.69, 9.17) is 16.3 Å². The molecule has 1 aromatic carbocycles. The Kier molecular flexibility index (Phi) is 6.87. The first kappa shape index (κ1) is 18.5. The number of methoxy groups -OCH3 is 1. The van der Waals surface area contributed by atoms with Crippen LogP contribution < -0.4 is 15.5 Å². The molecule has 1 aliphatic rings. The lowest BCUT2D eigenvalue weighted by Gasteiger charge is -2.22. The zero-order valence-electron chi connectivity index (χ0n) is 14.1. The average Bonchev–Trinajstić information content (AvgIpc) is 3.09. The van der Waals surface area contributed by atoms with Gasteiger partial charge in [0, 0.05) is 38.1 Å². The first-order valence-electron chi connectivity index (χ1n) is 8.14. The average molecular weight is 354 g/mol. The van der Waals surface area contributed by atoms with E-state index in [1.807, 2.05) is 6.07 Å². The molecular weight excluding hydrogens is 330 g/mol. The van der Waals surface area contributed by atoms with Gasteiger partial charge in [0.2, 0.25) is 5.91 Å². The lowest BCUT2D eigenvalue weighted by molar-refractivity contribution is -0.115. The van der Waals surface area contributed by atoms with Crippen molar-refractivity contribution in [3.63, 3.8) is 0 Å². The Morgan fingerprint density at radius 2 is 2.04 bits per heavy atom. The highest BCUT2D eigenvalue weighted by atomic mass is 35.5. The van der Waals surface area contributed by atoms with Gasteiger partial charge in [-0.3, -0.25) is 9.59 Å². The molecule has 2 amide bonds. The second kappa shape index (κ2) is 8.89. The molecule has 1 heterocycles. The van der Waals surface area contributed by atoms with Crippen LogP contribution in [-0.2, 0) is 9.53 Å². The summed E-state index contributed by atoms with van der Waals surface area (Å²) in [6, 6.07) is 5.38. The van der Waals surface area contributed by atoms with Crippen molar-refractivity contribution in [2.45, 2.75) is 25.1 Å². The molecule has 24 heavy (non-hydrogen) atoms. The van der Waals surface area contributed by atoms with E-state index < -0.39 is 5.38 Å². The van der Waals surface area contributed by atoms with E-state index in [-0.39, 0.29) is 11.8 Å². The Hall–Kier alpha value is -1.79. The molecule has 1 unspecified atom stereocenters. The summed E-state index contributed by atoms with van der Waals surface area (Å²) in [5, 5.41) is 4.93. The highest BCUT2D eigenvalue weighted by molar-refractivity contribution is 6.32. The molecule has 1 atom stereocenters. The minimum atomic E-state index is -0.637. The second-order valence-corrected chi connectivity index (χ2v) is 6.43. The molecule has 0 aromatic heterocycles. The fourth-order valence-electron chi connectivity index (χ4n) is 2.63. The smallest absolute Gasteiger partial charge is 0.253 e. The van der Waals surface area contributed by atoms with E-state index in [9.17, 15) is 9.59 Å². The number of carbonyl (C=O) groups excluding carboxylic acids is 2. The van der Waals surface area contributed by atoms with Crippen molar-refractivity contribution in [1.82, 2.24) is 5.32 Å². The maximum absolute atomic E-state index is 12.5. The third kappa shape index (κ3) is 4.85. The molecule has 0 spiro atoms. The van der Waals surface area contributed by atoms with Gasteiger partial charge >= 0.3 is 0 Å². The van der Waals surface area contributed by atoms with Gasteiger partial charge in [0.05, 0.1) is 12.2 Å². The highest BCUT2D eigenvalue weighted by Crippen LogP contribution is 2.27. The minimum Gasteiger partial charge on any atom is -0.383 e. The van der Waals surface area contributed by atoms with E-state index in [1.165, 1.54) is 0 Å². The minimum absolute atomic E-state index is 0.177. The third-order valence-corrected chi connectivity index (χ3v) is 4.11. The van der Waals surface area contributed by atoms with Gasteiger partial charge in [-0.1, -0.05) is 0 Å². The molecule has 6 nitrogen and oxygen atoms in total. The van der Waals surface area contributed by atoms with Crippen LogP contribution >= 0.6 is 11.6 Å². The number of ether oxygens (including phenoxy) is 1. The molecule has 0 saturated carbocycles. The number of rotatable bonds is 7. The summed E-state index contributed by atoms with van der Waals surface area (Å²) >= 11 is 5.79. The number of amides is 2. The number of alkyl halides is 1. The van der Waals surface area contributed by atoms with Crippen molar-refractivity contribution in [2.24, 2.45) is 0 Å². The van der Waals surface area contributed by atoms with Crippen LogP contribution in [0.5, 0.6) is 0 Å². The maximum Gasteiger partial charge on any atom is 0.253 e. The fraction of sp³-hybridized carbons (Fsp3) is 0.529. The number of anilines is 2. The Morgan fingerprint density at radius 1 is 1.33 bits per heavy atom. The molecule has 1 aromatic rings. The van der Waals surface area contributed by atoms with Crippen molar-refractivity contribution in [3.05, 3.63) is 23.8 Å². The molecule has 2 rings (SSSR count). The summed E-state index contributed by atoms with van der Waals surface area (Å²) in [5.74, 6) is -0.472. The monoisotopic (exact) mass is 353 g/mol. The van der Waals surface area contributed by atoms with E-state index in [2.05, 4.69) is 15.5 Å². The van der Waals surface area contributed by atoms with Crippen molar-refractivity contribution < 1.29 is 14.3 Å². The van der Waals surface area contributed by atoms with Crippen molar-refractivity contribution in [2.75, 3.05) is 43.6 Å². The Morgan fingerprint density at radius 3 is 2.67 bits per heavy atom. The van der Waals surface area contributed by atoms with Gasteiger partial charge in [0.15, 0.2) is 0 Å². The molecule has 132 valence electrons. The third-order valence-electron chi connectivity index (χ3n) is 3.91. The fourth-order valence-corrected chi connectivity index (χ4v) is 2.69. The van der Waals surface area contributed by atoms with Crippen LogP contribution in [0, 0.1) is 0 Å². The normalized spacial score (nSPS) is 15.2. The van der Waals surface area contributed by atoms with E-state index in [1.54, 1.807) is 26.2 Å². The molecule has 0 aliphatic carbocycles. The molecule has 1 aliphatic heterocycles. The van der Waals surface area contributed by atoms with Crippen molar-refractivity contribution >= 4 is 34.8 Å². The summed E-state index contributed by atoms with van der Waals surface area (Å²) in [6.07, 6.45) is 2.24. The second-order valence-electron chi connectivity index (χ2n) is 5.78. The van der Waals surface area contributed by atoms with Gasteiger partial charge in [0.25, 0.3) is 5.91 Å². The number of carbonyl (C=O) groups is 2. The molecule has 0 bridgehead atoms. The molecule has 0 radical (unpaired) electrons. The number of benzene rings is 1. The van der Waals surface area contributed by atoms with Crippen molar-refractivity contribution in [1.29, 1.82) is 0 Å². The number of hydrogen-bond donors (Lipinski definition) is 2. The summed E-state index contributed by atoms with van der Waals surface area (Å²) in [4.78, 5) is 26.5. The van der Waals surface area contributed by atoms with Crippen LogP contribution in [0.15, 0.2) is 18.2 Å². The SMILES string of the molecule is COCCNC(=O)c1cc(NC(=O)C(C)Cl)ccc1N1CCCC1. The predicted molar refractivity (Wildman–Crippen MR) is 96.0 cm³/mol. The molecule has 7 heteroatoms. The number of nitrogens with one attached hydrogen (secondary N) is 2. The summed E-state index contributed by atoms with van der Waals surface area (Å²) < 4.78 is 4.96. The maximum atomic E-state index is 12.5. The summed E-state index contributed by atoms with van der Waals surface area (Å²) in [6.45, 7) is 4.36. The van der Waals surface area contributed by atoms with Crippen LogP contribution in [0.3, 0.4) is 0 Å². The quantitative estimate of drug-likeness (QED) is 0.582. The molecule has 1 fully saturated rings. The van der Waals surface area contributed by atoms with Crippen molar-refractivity contribution in [3.8, 4) is 0 Å². The lowest BCUT2D eigenvalue weighted by Crippen LogP contribution is -2.30. The lowest BCUT2D eigenvalue weighted by atomic mass is 10.1. The van der Waals surface area contributed by atoms with Gasteiger partial charge in [-0.15, -0.1) is 11.6 Å². The predicted octanol–water partition coefficient (Wildman–Crippen LogP) is 2.23. The van der Waals surface area contributed by atoms with Crippen LogP contribution in [0.2, 0.25) is 0 Å². The van der Waals surface area contributed by atoms with Gasteiger partial charge in [-0.05, 0) is 38.0 Å². The van der Waals surface area contributed by atoms with E-state index in [0.717, 1.165) is 31.6 Å². The van der Waals surface area contributed by atoms with Gasteiger partial charge in [-0.25, -0.2) is 0 Å². The van der Waals surface area contributed by atoms with Crippen LogP contribution in [0.4, 0.5) is 11.4 Å². The standard InChI is InChI=1S/C17H24ClN3O3/c1-12(18)16(22)20-13-5-6-15(21-8-3-4-9-21)14(11-13)17(23)19-7-10-24-2/h5-6,11-12H,3-4,7-10H2,1-2H3,(H,19,23)(H,20,22). The van der Waals surface area contributed by atoms with E-state index >= 15 is 0 Å². The van der Waals surface area contributed by atoms with E-state index in [0.29, 0.717) is 24.4 Å². The Balaban J connectivity index is 2.23. The zero-order valence-corrected chi connectivity index (χ0v) is 14.9. The van der Waals surface area contributed by atoms with Gasteiger partial charge in [0.1, 0.15) is 5.38 Å². The summed E-state index contributed by atoms with van der Waals surface area (Å²) in [7, 11) is 1.59. The first-order valence-corrected chi connectivity index (χ1v) is 8.57. The van der Waals surface area contributed by atoms with Gasteiger partial charge < -0.3 is 20.3 Å². The number of hydrogen-bond acceptors (Lipinski definition) is 4. The number of halogens is 1.